The number of hydrogen-bond donors (Lipinski definition) is 1. The molecule has 0 radical (unpaired) electrons. The Bertz CT molecular complexity index is 1520. The largest absolute Gasteiger partial charge is 0.418 e. The quantitative estimate of drug-likeness (QED) is 0.0838. The SMILES string of the molecule is C=CCC(F)(C1=CC(C)CCC(N=CC(=CN)c2ccc(C)c(C(=O)C(=C)CC3(C#N)CC3)c2)=C1C(F)(F)F)C(F)(F)C=C. The number of carbonyl (C=O) groups excluding carboxylic acids is 1. The van der Waals surface area contributed by atoms with Crippen molar-refractivity contribution >= 4 is 17.6 Å². The molecule has 3 rings (SSSR count). The lowest BCUT2D eigenvalue weighted by Crippen LogP contribution is -2.46. The van der Waals surface area contributed by atoms with Gasteiger partial charge in [0.25, 0.3) is 0 Å². The van der Waals surface area contributed by atoms with Crippen LogP contribution in [0.2, 0.25) is 0 Å². The second kappa shape index (κ2) is 12.8. The molecule has 2 atom stereocenters. The van der Waals surface area contributed by atoms with Gasteiger partial charge in [-0.3, -0.25) is 9.79 Å². The van der Waals surface area contributed by atoms with E-state index in [1.54, 1.807) is 19.1 Å². The Kier molecular flexibility index (Phi) is 10.0. The molecule has 0 heterocycles. The number of hydrogen-bond acceptors (Lipinski definition) is 4. The summed E-state index contributed by atoms with van der Waals surface area (Å²) in [6.07, 6.45) is -1.16. The average Bonchev–Trinajstić information content (AvgIpc) is 3.76. The first-order valence-electron chi connectivity index (χ1n) is 14.0. The summed E-state index contributed by atoms with van der Waals surface area (Å²) in [7, 11) is 0. The van der Waals surface area contributed by atoms with Crippen LogP contribution in [-0.4, -0.2) is 29.8 Å². The molecule has 1 aromatic carbocycles. The molecule has 2 aliphatic carbocycles. The maximum atomic E-state index is 16.2. The summed E-state index contributed by atoms with van der Waals surface area (Å²) in [6, 6.07) is 6.95. The highest BCUT2D eigenvalue weighted by Crippen LogP contribution is 2.52. The molecule has 10 heteroatoms. The summed E-state index contributed by atoms with van der Waals surface area (Å²) < 4.78 is 89.9. The Morgan fingerprint density at radius 1 is 1.20 bits per heavy atom. The fourth-order valence-electron chi connectivity index (χ4n) is 5.22. The molecule has 0 spiro atoms. The molecule has 0 bridgehead atoms. The third kappa shape index (κ3) is 6.98. The Balaban J connectivity index is 2.10. The van der Waals surface area contributed by atoms with Gasteiger partial charge in [-0.05, 0) is 73.8 Å². The number of nitrogens with two attached hydrogens (primary N) is 1. The second-order valence-corrected chi connectivity index (χ2v) is 11.4. The molecule has 0 aromatic heterocycles. The highest BCUT2D eigenvalue weighted by molar-refractivity contribution is 6.13. The van der Waals surface area contributed by atoms with Gasteiger partial charge in [0.15, 0.2) is 5.78 Å². The molecular weight excluding hydrogens is 580 g/mol. The maximum absolute atomic E-state index is 16.2. The highest BCUT2D eigenvalue weighted by Gasteiger charge is 2.59. The van der Waals surface area contributed by atoms with Gasteiger partial charge in [-0.15, -0.1) is 6.58 Å². The van der Waals surface area contributed by atoms with Crippen LogP contribution in [0.15, 0.2) is 89.8 Å². The molecule has 234 valence electrons. The summed E-state index contributed by atoms with van der Waals surface area (Å²) in [6.45, 7) is 13.3. The molecule has 1 aromatic rings. The number of ketones is 1. The third-order valence-corrected chi connectivity index (χ3v) is 8.08. The maximum Gasteiger partial charge on any atom is 0.418 e. The Morgan fingerprint density at radius 2 is 1.86 bits per heavy atom. The molecule has 0 saturated heterocycles. The molecule has 2 N–H and O–H groups in total. The number of rotatable bonds is 12. The number of nitriles is 1. The summed E-state index contributed by atoms with van der Waals surface area (Å²) in [5.74, 6) is -5.42. The molecule has 2 unspecified atom stereocenters. The van der Waals surface area contributed by atoms with Crippen LogP contribution in [0.4, 0.5) is 26.3 Å². The molecule has 0 amide bonds. The van der Waals surface area contributed by atoms with Crippen LogP contribution >= 0.6 is 0 Å². The predicted molar refractivity (Wildman–Crippen MR) is 161 cm³/mol. The van der Waals surface area contributed by atoms with E-state index in [2.05, 4.69) is 30.8 Å². The first-order valence-corrected chi connectivity index (χ1v) is 14.0. The monoisotopic (exact) mass is 615 g/mol. The van der Waals surface area contributed by atoms with Crippen molar-refractivity contribution in [3.63, 3.8) is 0 Å². The van der Waals surface area contributed by atoms with E-state index in [9.17, 15) is 32.0 Å². The minimum Gasteiger partial charge on any atom is -0.404 e. The lowest BCUT2D eigenvalue weighted by molar-refractivity contribution is -0.105. The van der Waals surface area contributed by atoms with Crippen molar-refractivity contribution in [2.24, 2.45) is 22.1 Å². The van der Waals surface area contributed by atoms with Gasteiger partial charge in [-0.1, -0.05) is 44.4 Å². The van der Waals surface area contributed by atoms with Crippen LogP contribution in [0.25, 0.3) is 5.57 Å². The van der Waals surface area contributed by atoms with Crippen LogP contribution in [0.5, 0.6) is 0 Å². The summed E-state index contributed by atoms with van der Waals surface area (Å²) in [5, 5.41) is 9.39. The van der Waals surface area contributed by atoms with Crippen LogP contribution < -0.4 is 5.73 Å². The van der Waals surface area contributed by atoms with Gasteiger partial charge in [0.1, 0.15) is 0 Å². The van der Waals surface area contributed by atoms with E-state index in [0.29, 0.717) is 24.0 Å². The second-order valence-electron chi connectivity index (χ2n) is 11.4. The Labute approximate surface area is 253 Å². The van der Waals surface area contributed by atoms with Gasteiger partial charge < -0.3 is 5.73 Å². The minimum absolute atomic E-state index is 0.00514. The normalized spacial score (nSPS) is 20.3. The number of benzene rings is 1. The first-order chi connectivity index (χ1) is 20.5. The van der Waals surface area contributed by atoms with E-state index in [4.69, 9.17) is 5.73 Å². The number of aliphatic imine (C=N–C) groups is 1. The van der Waals surface area contributed by atoms with E-state index in [0.717, 1.165) is 24.6 Å². The van der Waals surface area contributed by atoms with E-state index in [1.165, 1.54) is 13.0 Å². The van der Waals surface area contributed by atoms with Crippen LogP contribution in [-0.2, 0) is 0 Å². The predicted octanol–water partition coefficient (Wildman–Crippen LogP) is 9.08. The van der Waals surface area contributed by atoms with Crippen molar-refractivity contribution in [3.05, 3.63) is 101 Å². The third-order valence-electron chi connectivity index (χ3n) is 8.08. The van der Waals surface area contributed by atoms with E-state index >= 15 is 4.39 Å². The average molecular weight is 616 g/mol. The Hall–Kier alpha value is -4.13. The topological polar surface area (TPSA) is 79.2 Å². The van der Waals surface area contributed by atoms with Crippen LogP contribution in [0.1, 0.15) is 66.9 Å². The number of carbonyl (C=O) groups is 1. The van der Waals surface area contributed by atoms with Gasteiger partial charge in [-0.2, -0.15) is 27.2 Å². The molecule has 2 aliphatic rings. The fraction of sp³-hybridized carbons (Fsp3) is 0.382. The highest BCUT2D eigenvalue weighted by atomic mass is 19.4. The molecule has 4 nitrogen and oxygen atoms in total. The number of Topliss-reactive ketones (excluding diaryl/α,β-unsaturated/α-hetero) is 1. The van der Waals surface area contributed by atoms with Crippen molar-refractivity contribution < 1.29 is 31.1 Å². The summed E-state index contributed by atoms with van der Waals surface area (Å²) in [4.78, 5) is 17.3. The fourth-order valence-corrected chi connectivity index (χ4v) is 5.22. The van der Waals surface area contributed by atoms with Gasteiger partial charge in [-0.25, -0.2) is 4.39 Å². The van der Waals surface area contributed by atoms with Crippen molar-refractivity contribution in [3.8, 4) is 6.07 Å². The molecule has 44 heavy (non-hydrogen) atoms. The summed E-state index contributed by atoms with van der Waals surface area (Å²) >= 11 is 0. The lowest BCUT2D eigenvalue weighted by atomic mass is 9.80. The molecule has 0 aliphatic heterocycles. The number of aryl methyl sites for hydroxylation is 1. The van der Waals surface area contributed by atoms with Gasteiger partial charge >= 0.3 is 12.1 Å². The van der Waals surface area contributed by atoms with Crippen molar-refractivity contribution in [2.45, 2.75) is 70.1 Å². The lowest BCUT2D eigenvalue weighted by Gasteiger charge is -2.35. The van der Waals surface area contributed by atoms with Crippen molar-refractivity contribution in [1.82, 2.24) is 0 Å². The molecule has 1 saturated carbocycles. The Morgan fingerprint density at radius 3 is 2.39 bits per heavy atom. The minimum atomic E-state index is -5.24. The van der Waals surface area contributed by atoms with Crippen LogP contribution in [0.3, 0.4) is 0 Å². The number of allylic oxidation sites excluding steroid dienone is 8. The number of halogens is 6. The standard InChI is InChI=1S/C34H35F6N3O/c1-6-12-32(35,33(36,37)7-2)27-15-21(3)8-11-28(29(27)34(38,39)40)43-19-25(18-41)24-10-9-22(4)26(16-24)30(44)23(5)17-31(20-42)13-14-31/h6-7,9-10,15-16,18-19,21H,1-2,5,8,11-14,17,41H2,3-4H3. The zero-order valence-corrected chi connectivity index (χ0v) is 24.7. The van der Waals surface area contributed by atoms with Gasteiger partial charge in [0.05, 0.1) is 22.8 Å². The van der Waals surface area contributed by atoms with Crippen molar-refractivity contribution in [2.75, 3.05) is 0 Å². The van der Waals surface area contributed by atoms with E-state index in [-0.39, 0.29) is 47.8 Å². The van der Waals surface area contributed by atoms with Gasteiger partial charge in [0, 0.05) is 35.5 Å². The van der Waals surface area contributed by atoms with E-state index in [1.807, 2.05) is 0 Å². The van der Waals surface area contributed by atoms with Gasteiger partial charge in [0.2, 0.25) is 5.67 Å². The van der Waals surface area contributed by atoms with E-state index < -0.39 is 52.4 Å². The number of nitrogens with zero attached hydrogens (tertiary/aromatic N) is 2. The molecule has 1 fully saturated rings. The molecular formula is C34H35F6N3O. The van der Waals surface area contributed by atoms with Crippen LogP contribution in [0, 0.1) is 29.6 Å². The zero-order valence-electron chi connectivity index (χ0n) is 24.7. The number of alkyl halides is 6. The first kappa shape index (κ1) is 34.4. The smallest absolute Gasteiger partial charge is 0.404 e. The van der Waals surface area contributed by atoms with Crippen molar-refractivity contribution in [1.29, 1.82) is 5.26 Å². The zero-order chi connectivity index (χ0) is 33.1. The summed E-state index contributed by atoms with van der Waals surface area (Å²) in [5.41, 5.74) is -0.398.